The van der Waals surface area contributed by atoms with E-state index in [-0.39, 0.29) is 29.1 Å². The van der Waals surface area contributed by atoms with Crippen molar-refractivity contribution in [2.75, 3.05) is 11.1 Å². The standard InChI is InChI=1S/C19H19F4N5/c1-3-11-6-7-12(5-4-10(11)2)16-14(19(21,22)23)8-13(9-15(16)20)25-18-26-17(24)27-28-18/h4-9,11H,3H2,1-2H3,(H4,24,25,26,27,28). The van der Waals surface area contributed by atoms with Gasteiger partial charge in [-0.2, -0.15) is 18.2 Å². The number of nitrogens with one attached hydrogen (secondary N) is 2. The minimum Gasteiger partial charge on any atom is -0.368 e. The van der Waals surface area contributed by atoms with Crippen molar-refractivity contribution < 1.29 is 17.6 Å². The molecule has 0 spiro atoms. The zero-order chi connectivity index (χ0) is 20.5. The molecule has 1 heterocycles. The Morgan fingerprint density at radius 3 is 2.61 bits per heavy atom. The molecule has 9 heteroatoms. The van der Waals surface area contributed by atoms with Gasteiger partial charge in [0.15, 0.2) is 0 Å². The molecule has 0 saturated carbocycles. The summed E-state index contributed by atoms with van der Waals surface area (Å²) in [7, 11) is 0. The van der Waals surface area contributed by atoms with E-state index in [2.05, 4.69) is 20.5 Å². The molecule has 28 heavy (non-hydrogen) atoms. The summed E-state index contributed by atoms with van der Waals surface area (Å²) in [5, 5.41) is 8.54. The highest BCUT2D eigenvalue weighted by molar-refractivity contribution is 5.80. The average Bonchev–Trinajstić information content (AvgIpc) is 2.92. The Balaban J connectivity index is 2.08. The molecule has 0 fully saturated rings. The lowest BCUT2D eigenvalue weighted by atomic mass is 9.96. The molecule has 1 unspecified atom stereocenters. The summed E-state index contributed by atoms with van der Waals surface area (Å²) in [4.78, 5) is 3.74. The maximum Gasteiger partial charge on any atom is 0.417 e. The van der Waals surface area contributed by atoms with Crippen LogP contribution in [0.3, 0.4) is 0 Å². The van der Waals surface area contributed by atoms with Crippen molar-refractivity contribution in [3.05, 3.63) is 59.0 Å². The fourth-order valence-corrected chi connectivity index (χ4v) is 3.05. The number of aromatic amines is 1. The Hall–Kier alpha value is -3.10. The number of alkyl halides is 3. The van der Waals surface area contributed by atoms with Crippen molar-refractivity contribution in [3.8, 4) is 0 Å². The van der Waals surface area contributed by atoms with Gasteiger partial charge in [-0.25, -0.2) is 9.49 Å². The van der Waals surface area contributed by atoms with Crippen LogP contribution in [0.25, 0.3) is 5.57 Å². The molecule has 0 saturated heterocycles. The van der Waals surface area contributed by atoms with Gasteiger partial charge in [0.25, 0.3) is 0 Å². The Bertz CT molecular complexity index is 969. The number of anilines is 3. The lowest BCUT2D eigenvalue weighted by Crippen LogP contribution is -2.11. The second-order valence-corrected chi connectivity index (χ2v) is 6.45. The maximum absolute atomic E-state index is 14.8. The Kier molecular flexibility index (Phi) is 5.26. The van der Waals surface area contributed by atoms with E-state index in [1.54, 1.807) is 12.2 Å². The van der Waals surface area contributed by atoms with Gasteiger partial charge in [0.05, 0.1) is 5.56 Å². The molecule has 1 atom stereocenters. The average molecular weight is 393 g/mol. The van der Waals surface area contributed by atoms with E-state index in [0.29, 0.717) is 0 Å². The highest BCUT2D eigenvalue weighted by atomic mass is 19.4. The van der Waals surface area contributed by atoms with E-state index >= 15 is 0 Å². The molecule has 0 aliphatic heterocycles. The summed E-state index contributed by atoms with van der Waals surface area (Å²) < 4.78 is 56.0. The fourth-order valence-electron chi connectivity index (χ4n) is 3.05. The third-order valence-electron chi connectivity index (χ3n) is 4.50. The Morgan fingerprint density at radius 2 is 2.00 bits per heavy atom. The van der Waals surface area contributed by atoms with Gasteiger partial charge in [0.2, 0.25) is 11.9 Å². The second-order valence-electron chi connectivity index (χ2n) is 6.45. The summed E-state index contributed by atoms with van der Waals surface area (Å²) in [5.41, 5.74) is 4.83. The van der Waals surface area contributed by atoms with Gasteiger partial charge in [0, 0.05) is 11.3 Å². The first-order valence-corrected chi connectivity index (χ1v) is 8.61. The van der Waals surface area contributed by atoms with Gasteiger partial charge < -0.3 is 11.1 Å². The number of nitrogens with zero attached hydrogens (tertiary/aromatic N) is 2. The monoisotopic (exact) mass is 393 g/mol. The van der Waals surface area contributed by atoms with Crippen LogP contribution in [0.4, 0.5) is 35.1 Å². The van der Waals surface area contributed by atoms with Crippen LogP contribution in [0.5, 0.6) is 0 Å². The van der Waals surface area contributed by atoms with E-state index in [4.69, 9.17) is 5.73 Å². The largest absolute Gasteiger partial charge is 0.417 e. The van der Waals surface area contributed by atoms with Crippen LogP contribution in [-0.2, 0) is 6.18 Å². The van der Waals surface area contributed by atoms with E-state index in [1.807, 2.05) is 13.8 Å². The van der Waals surface area contributed by atoms with Gasteiger partial charge >= 0.3 is 6.18 Å². The maximum atomic E-state index is 14.8. The lowest BCUT2D eigenvalue weighted by molar-refractivity contribution is -0.137. The molecule has 0 radical (unpaired) electrons. The molecule has 1 aliphatic rings. The molecule has 0 amide bonds. The molecule has 1 aliphatic carbocycles. The van der Waals surface area contributed by atoms with Crippen molar-refractivity contribution in [1.29, 1.82) is 0 Å². The molecule has 3 rings (SSSR count). The normalized spacial score (nSPS) is 17.1. The second kappa shape index (κ2) is 7.49. The minimum absolute atomic E-state index is 0.0166. The van der Waals surface area contributed by atoms with Gasteiger partial charge in [-0.1, -0.05) is 36.8 Å². The summed E-state index contributed by atoms with van der Waals surface area (Å²) in [6.45, 7) is 3.88. The first-order valence-electron chi connectivity index (χ1n) is 8.61. The summed E-state index contributed by atoms with van der Waals surface area (Å²) in [6.07, 6.45) is 2.63. The SMILES string of the molecule is CCC1C=CC(c2c(F)cc(Nc3n[nH]c(N)n3)cc2C(F)(F)F)=CC=C1C. The Morgan fingerprint density at radius 1 is 1.25 bits per heavy atom. The number of H-pyrrole nitrogens is 1. The van der Waals surface area contributed by atoms with Crippen LogP contribution in [0, 0.1) is 11.7 Å². The highest BCUT2D eigenvalue weighted by Gasteiger charge is 2.36. The number of benzene rings is 1. The molecule has 4 N–H and O–H groups in total. The molecule has 2 aromatic rings. The van der Waals surface area contributed by atoms with Crippen LogP contribution in [0.15, 0.2) is 42.0 Å². The molecule has 1 aromatic heterocycles. The third kappa shape index (κ3) is 4.08. The van der Waals surface area contributed by atoms with Crippen molar-refractivity contribution in [2.24, 2.45) is 5.92 Å². The van der Waals surface area contributed by atoms with Crippen molar-refractivity contribution in [3.63, 3.8) is 0 Å². The van der Waals surface area contributed by atoms with Crippen LogP contribution < -0.4 is 11.1 Å². The van der Waals surface area contributed by atoms with Gasteiger partial charge in [-0.15, -0.1) is 5.10 Å². The van der Waals surface area contributed by atoms with Gasteiger partial charge in [-0.05, 0) is 37.0 Å². The van der Waals surface area contributed by atoms with Crippen LogP contribution >= 0.6 is 0 Å². The number of hydrogen-bond donors (Lipinski definition) is 3. The van der Waals surface area contributed by atoms with Crippen LogP contribution in [-0.4, -0.2) is 15.2 Å². The van der Waals surface area contributed by atoms with Gasteiger partial charge in [0.1, 0.15) is 5.82 Å². The van der Waals surface area contributed by atoms with Crippen LogP contribution in [0.1, 0.15) is 31.4 Å². The summed E-state index contributed by atoms with van der Waals surface area (Å²) >= 11 is 0. The first-order chi connectivity index (χ1) is 13.2. The molecule has 148 valence electrons. The number of hydrogen-bond acceptors (Lipinski definition) is 4. The predicted octanol–water partition coefficient (Wildman–Crippen LogP) is 5.21. The molecular formula is C19H19F4N5. The number of rotatable bonds is 4. The summed E-state index contributed by atoms with van der Waals surface area (Å²) in [6, 6.07) is 1.81. The number of nitrogen functional groups attached to an aromatic ring is 1. The number of allylic oxidation sites excluding steroid dienone is 6. The molecule has 5 nitrogen and oxygen atoms in total. The van der Waals surface area contributed by atoms with E-state index in [1.165, 1.54) is 12.2 Å². The fraction of sp³-hybridized carbons (Fsp3) is 0.263. The molecule has 0 bridgehead atoms. The highest BCUT2D eigenvalue weighted by Crippen LogP contribution is 2.40. The number of halogens is 4. The molecule has 1 aromatic carbocycles. The Labute approximate surface area is 159 Å². The van der Waals surface area contributed by atoms with Gasteiger partial charge in [-0.3, -0.25) is 0 Å². The van der Waals surface area contributed by atoms with E-state index in [0.717, 1.165) is 24.1 Å². The minimum atomic E-state index is -4.75. The number of aromatic nitrogens is 3. The van der Waals surface area contributed by atoms with Crippen molar-refractivity contribution in [2.45, 2.75) is 26.4 Å². The topological polar surface area (TPSA) is 79.6 Å². The zero-order valence-electron chi connectivity index (χ0n) is 15.2. The smallest absolute Gasteiger partial charge is 0.368 e. The first kappa shape index (κ1) is 19.7. The van der Waals surface area contributed by atoms with Crippen molar-refractivity contribution >= 4 is 23.2 Å². The van der Waals surface area contributed by atoms with E-state index in [9.17, 15) is 17.6 Å². The lowest BCUT2D eigenvalue weighted by Gasteiger charge is -2.16. The molecular weight excluding hydrogens is 374 g/mol. The van der Waals surface area contributed by atoms with Crippen molar-refractivity contribution in [1.82, 2.24) is 15.2 Å². The number of nitrogens with two attached hydrogens (primary N) is 1. The predicted molar refractivity (Wildman–Crippen MR) is 100 cm³/mol. The van der Waals surface area contributed by atoms with Crippen LogP contribution in [0.2, 0.25) is 0 Å². The third-order valence-corrected chi connectivity index (χ3v) is 4.50. The zero-order valence-corrected chi connectivity index (χ0v) is 15.2. The quantitative estimate of drug-likeness (QED) is 0.623. The van der Waals surface area contributed by atoms with E-state index < -0.39 is 23.1 Å². The summed E-state index contributed by atoms with van der Waals surface area (Å²) in [5.74, 6) is -0.978.